The zero-order valence-electron chi connectivity index (χ0n) is 10.2. The molecule has 0 aliphatic heterocycles. The van der Waals surface area contributed by atoms with Crippen LogP contribution in [0.25, 0.3) is 0 Å². The molecule has 1 amide bonds. The van der Waals surface area contributed by atoms with Crippen molar-refractivity contribution in [2.24, 2.45) is 11.8 Å². The first-order valence-corrected chi connectivity index (χ1v) is 6.09. The molecule has 1 rings (SSSR count). The molecule has 0 spiro atoms. The third-order valence-electron chi connectivity index (χ3n) is 3.00. The van der Waals surface area contributed by atoms with Crippen molar-refractivity contribution in [3.05, 3.63) is 11.6 Å². The highest BCUT2D eigenvalue weighted by Crippen LogP contribution is 2.27. The summed E-state index contributed by atoms with van der Waals surface area (Å²) in [6, 6.07) is 0. The average Bonchev–Trinajstić information content (AvgIpc) is 3.10. The number of amides is 1. The van der Waals surface area contributed by atoms with Crippen LogP contribution < -0.4 is 5.32 Å². The fourth-order valence-electron chi connectivity index (χ4n) is 1.45. The molecule has 0 aromatic carbocycles. The molecule has 1 aliphatic carbocycles. The minimum Gasteiger partial charge on any atom is -0.356 e. The summed E-state index contributed by atoms with van der Waals surface area (Å²) in [6.07, 6.45) is 6.63. The standard InChI is InChI=1S/C13H21NO2/c1-3-11(9-15)5-4-10(2)13(16)14-8-12-6-7-12/h5,9-10,12H,3-4,6-8H2,1-2H3,(H,14,16)/b11-5+. The van der Waals surface area contributed by atoms with E-state index in [9.17, 15) is 9.59 Å². The van der Waals surface area contributed by atoms with Crippen LogP contribution in [0.15, 0.2) is 11.6 Å². The number of allylic oxidation sites excluding steroid dienone is 2. The Hall–Kier alpha value is -1.12. The van der Waals surface area contributed by atoms with Crippen LogP contribution in [0.5, 0.6) is 0 Å². The first-order valence-electron chi connectivity index (χ1n) is 6.09. The number of carbonyl (C=O) groups is 2. The Kier molecular flexibility index (Phi) is 5.23. The van der Waals surface area contributed by atoms with Crippen LogP contribution in [0.3, 0.4) is 0 Å². The molecular weight excluding hydrogens is 202 g/mol. The van der Waals surface area contributed by atoms with Crippen LogP contribution in [0.1, 0.15) is 39.5 Å². The van der Waals surface area contributed by atoms with E-state index in [0.717, 1.165) is 24.8 Å². The topological polar surface area (TPSA) is 46.2 Å². The second-order valence-corrected chi connectivity index (χ2v) is 4.58. The van der Waals surface area contributed by atoms with E-state index < -0.39 is 0 Å². The monoisotopic (exact) mass is 223 g/mol. The fourth-order valence-corrected chi connectivity index (χ4v) is 1.45. The lowest BCUT2D eigenvalue weighted by Gasteiger charge is -2.09. The molecular formula is C13H21NO2. The fraction of sp³-hybridized carbons (Fsp3) is 0.692. The van der Waals surface area contributed by atoms with Crippen molar-refractivity contribution in [1.82, 2.24) is 5.32 Å². The summed E-state index contributed by atoms with van der Waals surface area (Å²) in [6.45, 7) is 4.66. The highest BCUT2D eigenvalue weighted by Gasteiger charge is 2.22. The summed E-state index contributed by atoms with van der Waals surface area (Å²) in [5, 5.41) is 2.95. The first kappa shape index (κ1) is 12.9. The number of hydrogen-bond donors (Lipinski definition) is 1. The van der Waals surface area contributed by atoms with Gasteiger partial charge in [-0.1, -0.05) is 19.9 Å². The second kappa shape index (κ2) is 6.46. The molecule has 1 saturated carbocycles. The van der Waals surface area contributed by atoms with Gasteiger partial charge >= 0.3 is 0 Å². The van der Waals surface area contributed by atoms with Gasteiger partial charge in [0.2, 0.25) is 5.91 Å². The molecule has 1 aliphatic rings. The SMILES string of the molecule is CC/C(C=O)=C\CC(C)C(=O)NCC1CC1. The molecule has 1 N–H and O–H groups in total. The van der Waals surface area contributed by atoms with Gasteiger partial charge in [-0.25, -0.2) is 0 Å². The van der Waals surface area contributed by atoms with Crippen molar-refractivity contribution in [3.63, 3.8) is 0 Å². The molecule has 0 radical (unpaired) electrons. The van der Waals surface area contributed by atoms with Crippen LogP contribution >= 0.6 is 0 Å². The van der Waals surface area contributed by atoms with Gasteiger partial charge < -0.3 is 5.32 Å². The molecule has 90 valence electrons. The Balaban J connectivity index is 2.26. The van der Waals surface area contributed by atoms with Crippen LogP contribution in [0.2, 0.25) is 0 Å². The summed E-state index contributed by atoms with van der Waals surface area (Å²) in [5.74, 6) is 0.776. The van der Waals surface area contributed by atoms with E-state index in [1.807, 2.05) is 19.9 Å². The predicted molar refractivity (Wildman–Crippen MR) is 64.0 cm³/mol. The van der Waals surface area contributed by atoms with Gasteiger partial charge in [-0.15, -0.1) is 0 Å². The van der Waals surface area contributed by atoms with Gasteiger partial charge in [0.1, 0.15) is 6.29 Å². The molecule has 0 heterocycles. The van der Waals surface area contributed by atoms with E-state index in [2.05, 4.69) is 5.32 Å². The summed E-state index contributed by atoms with van der Waals surface area (Å²) in [7, 11) is 0. The molecule has 3 heteroatoms. The number of rotatable bonds is 7. The number of nitrogens with one attached hydrogen (secondary N) is 1. The molecule has 1 atom stereocenters. The van der Waals surface area contributed by atoms with Crippen molar-refractivity contribution in [2.75, 3.05) is 6.54 Å². The maximum absolute atomic E-state index is 11.6. The number of carbonyl (C=O) groups excluding carboxylic acids is 2. The van der Waals surface area contributed by atoms with Gasteiger partial charge in [0, 0.05) is 12.5 Å². The molecule has 0 aromatic heterocycles. The smallest absolute Gasteiger partial charge is 0.223 e. The largest absolute Gasteiger partial charge is 0.356 e. The highest BCUT2D eigenvalue weighted by molar-refractivity contribution is 5.79. The molecule has 0 aromatic rings. The molecule has 16 heavy (non-hydrogen) atoms. The lowest BCUT2D eigenvalue weighted by Crippen LogP contribution is -2.30. The molecule has 1 fully saturated rings. The lowest BCUT2D eigenvalue weighted by atomic mass is 10.0. The summed E-state index contributed by atoms with van der Waals surface area (Å²) in [4.78, 5) is 22.2. The zero-order chi connectivity index (χ0) is 12.0. The highest BCUT2D eigenvalue weighted by atomic mass is 16.1. The van der Waals surface area contributed by atoms with Crippen molar-refractivity contribution >= 4 is 12.2 Å². The quantitative estimate of drug-likeness (QED) is 0.530. The van der Waals surface area contributed by atoms with E-state index in [-0.39, 0.29) is 11.8 Å². The van der Waals surface area contributed by atoms with E-state index >= 15 is 0 Å². The Morgan fingerprint density at radius 2 is 2.19 bits per heavy atom. The third kappa shape index (κ3) is 4.60. The van der Waals surface area contributed by atoms with E-state index in [1.165, 1.54) is 12.8 Å². The Bertz CT molecular complexity index is 280. The van der Waals surface area contributed by atoms with Crippen LogP contribution in [0.4, 0.5) is 0 Å². The van der Waals surface area contributed by atoms with Gasteiger partial charge in [0.25, 0.3) is 0 Å². The van der Waals surface area contributed by atoms with Crippen molar-refractivity contribution in [3.8, 4) is 0 Å². The van der Waals surface area contributed by atoms with Gasteiger partial charge in [-0.05, 0) is 37.2 Å². The Morgan fingerprint density at radius 3 is 2.69 bits per heavy atom. The van der Waals surface area contributed by atoms with E-state index in [0.29, 0.717) is 12.3 Å². The van der Waals surface area contributed by atoms with Crippen molar-refractivity contribution in [2.45, 2.75) is 39.5 Å². The number of aldehydes is 1. The van der Waals surface area contributed by atoms with E-state index in [4.69, 9.17) is 0 Å². The maximum Gasteiger partial charge on any atom is 0.223 e. The second-order valence-electron chi connectivity index (χ2n) is 4.58. The summed E-state index contributed by atoms with van der Waals surface area (Å²) in [5.41, 5.74) is 0.779. The first-order chi connectivity index (χ1) is 7.67. The molecule has 0 bridgehead atoms. The van der Waals surface area contributed by atoms with Gasteiger partial charge in [0.15, 0.2) is 0 Å². The van der Waals surface area contributed by atoms with Gasteiger partial charge in [-0.3, -0.25) is 9.59 Å². The average molecular weight is 223 g/mol. The van der Waals surface area contributed by atoms with Gasteiger partial charge in [0.05, 0.1) is 0 Å². The normalized spacial score (nSPS) is 18.0. The zero-order valence-corrected chi connectivity index (χ0v) is 10.2. The number of hydrogen-bond acceptors (Lipinski definition) is 2. The predicted octanol–water partition coefficient (Wildman–Crippen LogP) is 2.07. The van der Waals surface area contributed by atoms with Gasteiger partial charge in [-0.2, -0.15) is 0 Å². The Labute approximate surface area is 97.3 Å². The third-order valence-corrected chi connectivity index (χ3v) is 3.00. The van der Waals surface area contributed by atoms with Crippen molar-refractivity contribution < 1.29 is 9.59 Å². The molecule has 3 nitrogen and oxygen atoms in total. The summed E-state index contributed by atoms with van der Waals surface area (Å²) >= 11 is 0. The van der Waals surface area contributed by atoms with Crippen molar-refractivity contribution in [1.29, 1.82) is 0 Å². The minimum absolute atomic E-state index is 0.0414. The van der Waals surface area contributed by atoms with Crippen LogP contribution in [0, 0.1) is 11.8 Å². The van der Waals surface area contributed by atoms with E-state index in [1.54, 1.807) is 0 Å². The van der Waals surface area contributed by atoms with Crippen LogP contribution in [-0.4, -0.2) is 18.7 Å². The maximum atomic E-state index is 11.6. The minimum atomic E-state index is -0.0414. The molecule has 1 unspecified atom stereocenters. The molecule has 0 saturated heterocycles. The van der Waals surface area contributed by atoms with Crippen LogP contribution in [-0.2, 0) is 9.59 Å². The summed E-state index contributed by atoms with van der Waals surface area (Å²) < 4.78 is 0. The Morgan fingerprint density at radius 1 is 1.50 bits per heavy atom. The lowest BCUT2D eigenvalue weighted by molar-refractivity contribution is -0.124.